The van der Waals surface area contributed by atoms with Crippen molar-refractivity contribution >= 4 is 12.3 Å². The molecule has 68 valence electrons. The lowest BCUT2D eigenvalue weighted by Crippen LogP contribution is -1.75. The molecule has 0 saturated heterocycles. The van der Waals surface area contributed by atoms with Gasteiger partial charge in [-0.25, -0.2) is 0 Å². The van der Waals surface area contributed by atoms with Gasteiger partial charge in [0, 0.05) is 12.8 Å². The van der Waals surface area contributed by atoms with Gasteiger partial charge in [-0.2, -0.15) is 0 Å². The van der Waals surface area contributed by atoms with Crippen LogP contribution in [0.4, 0.5) is 0 Å². The number of aliphatic imine (C=N–C) groups is 1. The van der Waals surface area contributed by atoms with E-state index in [0.29, 0.717) is 0 Å². The first kappa shape index (κ1) is 9.72. The molecule has 0 spiro atoms. The first-order chi connectivity index (χ1) is 6.43. The van der Waals surface area contributed by atoms with Gasteiger partial charge in [0.25, 0.3) is 0 Å². The summed E-state index contributed by atoms with van der Waals surface area (Å²) < 4.78 is 0. The molecule has 1 aromatic rings. The Morgan fingerprint density at radius 2 is 2.00 bits per heavy atom. The van der Waals surface area contributed by atoms with Crippen molar-refractivity contribution in [3.05, 3.63) is 42.0 Å². The SMILES string of the molecule is CCCN=C/C=C/c1ccccc1. The molecule has 1 heteroatoms. The summed E-state index contributed by atoms with van der Waals surface area (Å²) in [6, 6.07) is 10.2. The average molecular weight is 173 g/mol. The summed E-state index contributed by atoms with van der Waals surface area (Å²) in [4.78, 5) is 4.19. The predicted molar refractivity (Wildman–Crippen MR) is 59.1 cm³/mol. The molecule has 0 fully saturated rings. The minimum absolute atomic E-state index is 0.916. The second-order valence-electron chi connectivity index (χ2n) is 2.83. The molecule has 0 bridgehead atoms. The van der Waals surface area contributed by atoms with Gasteiger partial charge in [0.05, 0.1) is 0 Å². The number of hydrogen-bond acceptors (Lipinski definition) is 1. The Morgan fingerprint density at radius 3 is 2.69 bits per heavy atom. The van der Waals surface area contributed by atoms with Gasteiger partial charge in [-0.3, -0.25) is 4.99 Å². The monoisotopic (exact) mass is 173 g/mol. The van der Waals surface area contributed by atoms with Crippen LogP contribution in [0.5, 0.6) is 0 Å². The van der Waals surface area contributed by atoms with Crippen molar-refractivity contribution in [3.8, 4) is 0 Å². The molecule has 0 aliphatic rings. The normalized spacial score (nSPS) is 11.5. The topological polar surface area (TPSA) is 12.4 Å². The Balaban J connectivity index is 2.41. The molecule has 0 radical (unpaired) electrons. The first-order valence-electron chi connectivity index (χ1n) is 4.65. The van der Waals surface area contributed by atoms with E-state index in [2.05, 4.69) is 30.1 Å². The van der Waals surface area contributed by atoms with E-state index in [4.69, 9.17) is 0 Å². The lowest BCUT2D eigenvalue weighted by molar-refractivity contribution is 0.937. The minimum atomic E-state index is 0.916. The van der Waals surface area contributed by atoms with E-state index in [1.54, 1.807) is 0 Å². The van der Waals surface area contributed by atoms with Crippen molar-refractivity contribution < 1.29 is 0 Å². The lowest BCUT2D eigenvalue weighted by atomic mass is 10.2. The van der Waals surface area contributed by atoms with E-state index in [-0.39, 0.29) is 0 Å². The standard InChI is InChI=1S/C12H15N/c1-2-10-13-11-6-9-12-7-4-3-5-8-12/h3-9,11H,2,10H2,1H3/b9-6+,13-11?. The quantitative estimate of drug-likeness (QED) is 0.620. The van der Waals surface area contributed by atoms with Gasteiger partial charge in [0.1, 0.15) is 0 Å². The average Bonchev–Trinajstić information content (AvgIpc) is 2.19. The fourth-order valence-corrected chi connectivity index (χ4v) is 0.983. The van der Waals surface area contributed by atoms with E-state index >= 15 is 0 Å². The van der Waals surface area contributed by atoms with E-state index in [1.165, 1.54) is 5.56 Å². The molecule has 0 saturated carbocycles. The molecule has 0 amide bonds. The maximum atomic E-state index is 4.19. The molecule has 0 aliphatic carbocycles. The maximum absolute atomic E-state index is 4.19. The number of rotatable bonds is 4. The van der Waals surface area contributed by atoms with Crippen LogP contribution in [0.15, 0.2) is 41.4 Å². The summed E-state index contributed by atoms with van der Waals surface area (Å²) in [6.45, 7) is 3.04. The Morgan fingerprint density at radius 1 is 1.23 bits per heavy atom. The molecule has 1 rings (SSSR count). The van der Waals surface area contributed by atoms with Crippen LogP contribution < -0.4 is 0 Å². The summed E-state index contributed by atoms with van der Waals surface area (Å²) in [5, 5.41) is 0. The molecule has 0 aromatic heterocycles. The molecule has 0 heterocycles. The van der Waals surface area contributed by atoms with Crippen LogP contribution in [0.1, 0.15) is 18.9 Å². The fraction of sp³-hybridized carbons (Fsp3) is 0.250. The van der Waals surface area contributed by atoms with Gasteiger partial charge < -0.3 is 0 Å². The Bertz CT molecular complexity index is 272. The van der Waals surface area contributed by atoms with E-state index in [1.807, 2.05) is 30.5 Å². The summed E-state index contributed by atoms with van der Waals surface area (Å²) in [6.07, 6.45) is 7.00. The molecule has 1 aromatic carbocycles. The molecular weight excluding hydrogens is 158 g/mol. The van der Waals surface area contributed by atoms with Crippen LogP contribution in [-0.4, -0.2) is 12.8 Å². The maximum Gasteiger partial charge on any atom is 0.0386 e. The largest absolute Gasteiger partial charge is 0.293 e. The van der Waals surface area contributed by atoms with Gasteiger partial charge in [0.2, 0.25) is 0 Å². The van der Waals surface area contributed by atoms with Gasteiger partial charge in [-0.15, -0.1) is 0 Å². The molecule has 1 nitrogen and oxygen atoms in total. The third kappa shape index (κ3) is 4.26. The highest BCUT2D eigenvalue weighted by molar-refractivity contribution is 5.78. The molecular formula is C12H15N. The second-order valence-corrected chi connectivity index (χ2v) is 2.83. The first-order valence-corrected chi connectivity index (χ1v) is 4.65. The second kappa shape index (κ2) is 6.18. The zero-order valence-corrected chi connectivity index (χ0v) is 7.98. The number of nitrogens with zero attached hydrogens (tertiary/aromatic N) is 1. The third-order valence-corrected chi connectivity index (χ3v) is 1.63. The zero-order chi connectivity index (χ0) is 9.36. The number of benzene rings is 1. The summed E-state index contributed by atoms with van der Waals surface area (Å²) in [7, 11) is 0. The lowest BCUT2D eigenvalue weighted by Gasteiger charge is -1.88. The molecule has 0 N–H and O–H groups in total. The van der Waals surface area contributed by atoms with Crippen molar-refractivity contribution in [2.45, 2.75) is 13.3 Å². The summed E-state index contributed by atoms with van der Waals surface area (Å²) >= 11 is 0. The van der Waals surface area contributed by atoms with Gasteiger partial charge in [0.15, 0.2) is 0 Å². The van der Waals surface area contributed by atoms with E-state index in [9.17, 15) is 0 Å². The van der Waals surface area contributed by atoms with Crippen LogP contribution >= 0.6 is 0 Å². The molecule has 0 unspecified atom stereocenters. The van der Waals surface area contributed by atoms with Crippen molar-refractivity contribution in [1.82, 2.24) is 0 Å². The van der Waals surface area contributed by atoms with E-state index in [0.717, 1.165) is 13.0 Å². The zero-order valence-electron chi connectivity index (χ0n) is 7.98. The van der Waals surface area contributed by atoms with Crippen molar-refractivity contribution in [2.24, 2.45) is 4.99 Å². The van der Waals surface area contributed by atoms with Gasteiger partial charge in [-0.05, 0) is 18.1 Å². The van der Waals surface area contributed by atoms with Gasteiger partial charge >= 0.3 is 0 Å². The molecule has 0 aliphatic heterocycles. The highest BCUT2D eigenvalue weighted by Crippen LogP contribution is 1.99. The minimum Gasteiger partial charge on any atom is -0.293 e. The molecule has 13 heavy (non-hydrogen) atoms. The van der Waals surface area contributed by atoms with Crippen molar-refractivity contribution in [3.63, 3.8) is 0 Å². The Labute approximate surface area is 79.8 Å². The van der Waals surface area contributed by atoms with E-state index < -0.39 is 0 Å². The van der Waals surface area contributed by atoms with Crippen molar-refractivity contribution in [1.29, 1.82) is 0 Å². The Kier molecular flexibility index (Phi) is 4.62. The Hall–Kier alpha value is -1.37. The third-order valence-electron chi connectivity index (χ3n) is 1.63. The van der Waals surface area contributed by atoms with Crippen LogP contribution in [0.2, 0.25) is 0 Å². The van der Waals surface area contributed by atoms with Crippen molar-refractivity contribution in [2.75, 3.05) is 6.54 Å². The number of allylic oxidation sites excluding steroid dienone is 1. The predicted octanol–water partition coefficient (Wildman–Crippen LogP) is 3.18. The van der Waals surface area contributed by atoms with Crippen LogP contribution in [-0.2, 0) is 0 Å². The van der Waals surface area contributed by atoms with Crippen LogP contribution in [0.3, 0.4) is 0 Å². The summed E-state index contributed by atoms with van der Waals surface area (Å²) in [5.74, 6) is 0. The van der Waals surface area contributed by atoms with Gasteiger partial charge in [-0.1, -0.05) is 43.3 Å². The molecule has 0 atom stereocenters. The highest BCUT2D eigenvalue weighted by atomic mass is 14.7. The smallest absolute Gasteiger partial charge is 0.0386 e. The van der Waals surface area contributed by atoms with Crippen LogP contribution in [0.25, 0.3) is 6.08 Å². The number of hydrogen-bond donors (Lipinski definition) is 0. The van der Waals surface area contributed by atoms with Crippen LogP contribution in [0, 0.1) is 0 Å². The summed E-state index contributed by atoms with van der Waals surface area (Å²) in [5.41, 5.74) is 1.21. The highest BCUT2D eigenvalue weighted by Gasteiger charge is 1.79. The fourth-order valence-electron chi connectivity index (χ4n) is 0.983.